The van der Waals surface area contributed by atoms with Crippen LogP contribution in [0.3, 0.4) is 0 Å². The zero-order valence-electron chi connectivity index (χ0n) is 12.2. The van der Waals surface area contributed by atoms with E-state index in [2.05, 4.69) is 16.4 Å². The number of fused-ring (bicyclic) bond motifs is 3. The molecule has 118 valence electrons. The fourth-order valence-corrected chi connectivity index (χ4v) is 3.37. The summed E-state index contributed by atoms with van der Waals surface area (Å²) in [4.78, 5) is 16.8. The van der Waals surface area contributed by atoms with Gasteiger partial charge in [0.05, 0.1) is 33.2 Å². The number of para-hydroxylation sites is 2. The van der Waals surface area contributed by atoms with Crippen LogP contribution in [0.5, 0.6) is 0 Å². The van der Waals surface area contributed by atoms with E-state index in [-0.39, 0.29) is 5.91 Å². The van der Waals surface area contributed by atoms with Crippen LogP contribution in [0.4, 0.5) is 5.95 Å². The highest BCUT2D eigenvalue weighted by Crippen LogP contribution is 2.39. The summed E-state index contributed by atoms with van der Waals surface area (Å²) in [5, 5.41) is 13.1. The zero-order valence-corrected chi connectivity index (χ0v) is 13.7. The lowest BCUT2D eigenvalue weighted by Crippen LogP contribution is -2.37. The summed E-state index contributed by atoms with van der Waals surface area (Å²) in [5.74, 6) is -0.854. The predicted molar refractivity (Wildman–Crippen MR) is 92.1 cm³/mol. The number of imidazole rings is 1. The molecule has 5 nitrogen and oxygen atoms in total. The van der Waals surface area contributed by atoms with Crippen LogP contribution in [0.25, 0.3) is 11.0 Å². The van der Waals surface area contributed by atoms with Crippen molar-refractivity contribution in [2.24, 2.45) is 5.92 Å². The molecule has 7 heteroatoms. The molecule has 1 N–H and O–H groups in total. The molecule has 0 unspecified atom stereocenters. The highest BCUT2D eigenvalue weighted by molar-refractivity contribution is 6.42. The van der Waals surface area contributed by atoms with Gasteiger partial charge in [-0.15, -0.1) is 0 Å². The monoisotopic (exact) mass is 356 g/mol. The fraction of sp³-hybridized carbons (Fsp3) is 0.118. The molecule has 0 saturated carbocycles. The van der Waals surface area contributed by atoms with E-state index in [0.29, 0.717) is 16.0 Å². The SMILES string of the molecule is N#C[C@H]1C(=O)Nc2nc3ccccc3n2[C@H]1c1ccc(Cl)c(Cl)c1. The fourth-order valence-electron chi connectivity index (χ4n) is 3.06. The zero-order chi connectivity index (χ0) is 16.8. The van der Waals surface area contributed by atoms with E-state index in [9.17, 15) is 10.1 Å². The number of anilines is 1. The summed E-state index contributed by atoms with van der Waals surface area (Å²) in [7, 11) is 0. The first kappa shape index (κ1) is 15.0. The number of nitriles is 1. The molecule has 24 heavy (non-hydrogen) atoms. The Bertz CT molecular complexity index is 1020. The molecular weight excluding hydrogens is 347 g/mol. The molecule has 0 radical (unpaired) electrons. The molecule has 1 amide bonds. The van der Waals surface area contributed by atoms with Crippen molar-refractivity contribution in [3.8, 4) is 6.07 Å². The Kier molecular flexibility index (Phi) is 3.45. The van der Waals surface area contributed by atoms with Gasteiger partial charge in [0.1, 0.15) is 0 Å². The van der Waals surface area contributed by atoms with Crippen LogP contribution in [0, 0.1) is 17.2 Å². The van der Waals surface area contributed by atoms with E-state index >= 15 is 0 Å². The Hall–Kier alpha value is -2.55. The van der Waals surface area contributed by atoms with Gasteiger partial charge in [-0.05, 0) is 29.8 Å². The first-order valence-corrected chi connectivity index (χ1v) is 7.98. The number of nitrogens with zero attached hydrogens (tertiary/aromatic N) is 3. The number of carbonyl (C=O) groups excluding carboxylic acids is 1. The number of nitrogens with one attached hydrogen (secondary N) is 1. The molecule has 0 saturated heterocycles. The third-order valence-electron chi connectivity index (χ3n) is 4.13. The Morgan fingerprint density at radius 2 is 1.96 bits per heavy atom. The molecule has 1 aliphatic heterocycles. The summed E-state index contributed by atoms with van der Waals surface area (Å²) in [6, 6.07) is 14.2. The summed E-state index contributed by atoms with van der Waals surface area (Å²) in [6.07, 6.45) is 0. The van der Waals surface area contributed by atoms with Crippen LogP contribution in [-0.4, -0.2) is 15.5 Å². The van der Waals surface area contributed by atoms with Crippen molar-refractivity contribution in [2.75, 3.05) is 5.32 Å². The Balaban J connectivity index is 2.01. The van der Waals surface area contributed by atoms with Crippen LogP contribution >= 0.6 is 23.2 Å². The second kappa shape index (κ2) is 5.52. The van der Waals surface area contributed by atoms with Crippen LogP contribution < -0.4 is 5.32 Å². The van der Waals surface area contributed by atoms with Gasteiger partial charge in [-0.25, -0.2) is 4.98 Å². The van der Waals surface area contributed by atoms with E-state index < -0.39 is 12.0 Å². The maximum atomic E-state index is 12.4. The Labute approximate surface area is 147 Å². The summed E-state index contributed by atoms with van der Waals surface area (Å²) >= 11 is 12.1. The first-order valence-electron chi connectivity index (χ1n) is 7.22. The van der Waals surface area contributed by atoms with Gasteiger partial charge in [0.15, 0.2) is 5.92 Å². The second-order valence-corrected chi connectivity index (χ2v) is 6.32. The maximum Gasteiger partial charge on any atom is 0.246 e. The molecule has 0 aliphatic carbocycles. The van der Waals surface area contributed by atoms with Crippen molar-refractivity contribution in [2.45, 2.75) is 6.04 Å². The van der Waals surface area contributed by atoms with Crippen LogP contribution in [-0.2, 0) is 4.79 Å². The number of hydrogen-bond acceptors (Lipinski definition) is 3. The molecule has 1 aromatic heterocycles. The van der Waals surface area contributed by atoms with Gasteiger partial charge in [0.2, 0.25) is 11.9 Å². The lowest BCUT2D eigenvalue weighted by Gasteiger charge is -2.30. The van der Waals surface area contributed by atoms with Gasteiger partial charge >= 0.3 is 0 Å². The normalized spacial score (nSPS) is 19.6. The number of aromatic nitrogens is 2. The first-order chi connectivity index (χ1) is 11.6. The number of hydrogen-bond donors (Lipinski definition) is 1. The molecule has 1 aliphatic rings. The van der Waals surface area contributed by atoms with Crippen LogP contribution in [0.15, 0.2) is 42.5 Å². The van der Waals surface area contributed by atoms with Gasteiger partial charge in [-0.1, -0.05) is 41.4 Å². The quantitative estimate of drug-likeness (QED) is 0.715. The minimum absolute atomic E-state index is 0.378. The molecular formula is C17H10Cl2N4O. The Morgan fingerprint density at radius 1 is 1.17 bits per heavy atom. The minimum atomic E-state index is -0.896. The van der Waals surface area contributed by atoms with Gasteiger partial charge < -0.3 is 4.57 Å². The third-order valence-corrected chi connectivity index (χ3v) is 4.87. The van der Waals surface area contributed by atoms with Crippen molar-refractivity contribution in [3.05, 3.63) is 58.1 Å². The highest BCUT2D eigenvalue weighted by atomic mass is 35.5. The van der Waals surface area contributed by atoms with Gasteiger partial charge in [-0.2, -0.15) is 5.26 Å². The number of carbonyl (C=O) groups is 1. The van der Waals surface area contributed by atoms with Gasteiger partial charge in [-0.3, -0.25) is 10.1 Å². The van der Waals surface area contributed by atoms with E-state index in [4.69, 9.17) is 23.2 Å². The lowest BCUT2D eigenvalue weighted by molar-refractivity contribution is -0.119. The summed E-state index contributed by atoms with van der Waals surface area (Å²) < 4.78 is 1.87. The van der Waals surface area contributed by atoms with E-state index in [0.717, 1.165) is 16.6 Å². The van der Waals surface area contributed by atoms with Crippen molar-refractivity contribution < 1.29 is 4.79 Å². The molecule has 2 heterocycles. The standard InChI is InChI=1S/C17H10Cl2N4O/c18-11-6-5-9(7-12(11)19)15-10(8-20)16(24)22-17-21-13-3-1-2-4-14(13)23(15)17/h1-7,10,15H,(H,21,22,24)/t10-,15+/m1/s1. The molecule has 0 spiro atoms. The largest absolute Gasteiger partial charge is 0.300 e. The van der Waals surface area contributed by atoms with Gasteiger partial charge in [0.25, 0.3) is 0 Å². The molecule has 0 fully saturated rings. The number of halogens is 2. The summed E-state index contributed by atoms with van der Waals surface area (Å²) in [5.41, 5.74) is 2.32. The smallest absolute Gasteiger partial charge is 0.246 e. The average Bonchev–Trinajstić information content (AvgIpc) is 2.94. The summed E-state index contributed by atoms with van der Waals surface area (Å²) in [6.45, 7) is 0. The van der Waals surface area contributed by atoms with E-state index in [1.807, 2.05) is 28.8 Å². The van der Waals surface area contributed by atoms with Crippen LogP contribution in [0.1, 0.15) is 11.6 Å². The van der Waals surface area contributed by atoms with Gasteiger partial charge in [0, 0.05) is 0 Å². The highest BCUT2D eigenvalue weighted by Gasteiger charge is 2.38. The average molecular weight is 357 g/mol. The number of benzene rings is 2. The van der Waals surface area contributed by atoms with Crippen LogP contribution in [0.2, 0.25) is 10.0 Å². The van der Waals surface area contributed by atoms with Crippen molar-refractivity contribution in [1.82, 2.24) is 9.55 Å². The number of rotatable bonds is 1. The third kappa shape index (κ3) is 2.15. The molecule has 0 bridgehead atoms. The van der Waals surface area contributed by atoms with E-state index in [1.54, 1.807) is 18.2 Å². The van der Waals surface area contributed by atoms with Crippen molar-refractivity contribution in [3.63, 3.8) is 0 Å². The maximum absolute atomic E-state index is 12.4. The lowest BCUT2D eigenvalue weighted by atomic mass is 9.91. The molecule has 3 aromatic rings. The Morgan fingerprint density at radius 3 is 2.71 bits per heavy atom. The second-order valence-electron chi connectivity index (χ2n) is 5.51. The molecule has 4 rings (SSSR count). The predicted octanol–water partition coefficient (Wildman–Crippen LogP) is 4.02. The van der Waals surface area contributed by atoms with Crippen molar-refractivity contribution in [1.29, 1.82) is 5.26 Å². The number of amides is 1. The van der Waals surface area contributed by atoms with Crippen molar-refractivity contribution >= 4 is 46.1 Å². The van der Waals surface area contributed by atoms with E-state index in [1.165, 1.54) is 0 Å². The topological polar surface area (TPSA) is 70.7 Å². The molecule has 2 atom stereocenters. The minimum Gasteiger partial charge on any atom is -0.300 e. The molecule has 2 aromatic carbocycles.